The normalized spacial score (nSPS) is 10.8. The lowest BCUT2D eigenvalue weighted by molar-refractivity contribution is 0.627. The average molecular weight is 346 g/mol. The number of nitrogens with two attached hydrogens (primary N) is 1. The van der Waals surface area contributed by atoms with E-state index in [-0.39, 0.29) is 5.82 Å². The van der Waals surface area contributed by atoms with Gasteiger partial charge in [-0.15, -0.1) is 0 Å². The quantitative estimate of drug-likeness (QED) is 0.777. The second kappa shape index (κ2) is 5.69. The number of rotatable bonds is 3. The molecule has 0 saturated carbocycles. The highest BCUT2D eigenvalue weighted by Gasteiger charge is 2.13. The van der Waals surface area contributed by atoms with Gasteiger partial charge in [-0.05, 0) is 39.7 Å². The van der Waals surface area contributed by atoms with Gasteiger partial charge in [-0.2, -0.15) is 0 Å². The number of anilines is 1. The van der Waals surface area contributed by atoms with Crippen LogP contribution in [0.5, 0.6) is 0 Å². The van der Waals surface area contributed by atoms with Gasteiger partial charge in [-0.25, -0.2) is 9.37 Å². The Balaban J connectivity index is 1.96. The van der Waals surface area contributed by atoms with E-state index in [2.05, 4.69) is 20.9 Å². The number of hydrogen-bond donors (Lipinski definition) is 1. The first-order chi connectivity index (χ1) is 10.1. The third-order valence-electron chi connectivity index (χ3n) is 3.26. The molecule has 1 heterocycles. The highest BCUT2D eigenvalue weighted by atomic mass is 79.9. The fourth-order valence-electron chi connectivity index (χ4n) is 2.19. The molecule has 3 nitrogen and oxygen atoms in total. The first-order valence-corrected chi connectivity index (χ1v) is 7.24. The molecule has 0 aliphatic heterocycles. The molecular formula is C16H13BrFN3. The van der Waals surface area contributed by atoms with E-state index in [1.807, 2.05) is 34.9 Å². The number of imidazole rings is 1. The zero-order valence-corrected chi connectivity index (χ0v) is 12.7. The Hall–Kier alpha value is -2.14. The maximum atomic E-state index is 13.2. The summed E-state index contributed by atoms with van der Waals surface area (Å²) in [4.78, 5) is 4.36. The molecule has 0 fully saturated rings. The Morgan fingerprint density at radius 2 is 1.90 bits per heavy atom. The second-order valence-corrected chi connectivity index (χ2v) is 5.57. The lowest BCUT2D eigenvalue weighted by Crippen LogP contribution is -2.03. The van der Waals surface area contributed by atoms with Crippen molar-refractivity contribution in [3.8, 4) is 11.3 Å². The molecule has 0 saturated heterocycles. The van der Waals surface area contributed by atoms with Crippen molar-refractivity contribution >= 4 is 21.7 Å². The van der Waals surface area contributed by atoms with E-state index >= 15 is 0 Å². The summed E-state index contributed by atoms with van der Waals surface area (Å²) in [7, 11) is 0. The number of aromatic nitrogens is 2. The van der Waals surface area contributed by atoms with Crippen LogP contribution in [0.1, 0.15) is 5.56 Å². The summed E-state index contributed by atoms with van der Waals surface area (Å²) < 4.78 is 15.7. The first kappa shape index (κ1) is 13.8. The maximum Gasteiger partial charge on any atom is 0.131 e. The van der Waals surface area contributed by atoms with Crippen LogP contribution in [0.2, 0.25) is 0 Å². The van der Waals surface area contributed by atoms with Crippen molar-refractivity contribution in [3.05, 3.63) is 70.7 Å². The molecule has 106 valence electrons. The molecule has 2 N–H and O–H groups in total. The highest BCUT2D eigenvalue weighted by Crippen LogP contribution is 2.31. The Morgan fingerprint density at radius 1 is 1.14 bits per heavy atom. The molecule has 0 spiro atoms. The summed E-state index contributed by atoms with van der Waals surface area (Å²) in [5, 5.41) is 0. The van der Waals surface area contributed by atoms with Crippen LogP contribution in [0.15, 0.2) is 59.3 Å². The molecule has 0 atom stereocenters. The van der Waals surface area contributed by atoms with E-state index in [9.17, 15) is 4.39 Å². The lowest BCUT2D eigenvalue weighted by atomic mass is 10.1. The first-order valence-electron chi connectivity index (χ1n) is 6.45. The minimum absolute atomic E-state index is 0.298. The molecule has 0 bridgehead atoms. The molecule has 0 aliphatic rings. The van der Waals surface area contributed by atoms with Crippen molar-refractivity contribution in [1.82, 2.24) is 9.55 Å². The van der Waals surface area contributed by atoms with Gasteiger partial charge in [0.05, 0.1) is 12.9 Å². The van der Waals surface area contributed by atoms with Crippen LogP contribution in [0.25, 0.3) is 11.3 Å². The standard InChI is InChI=1S/C16H13BrFN3/c17-14-8-12(18)6-7-13(14)15-16(19)21(10-20-15)9-11-4-2-1-3-5-11/h1-8,10H,9,19H2. The molecule has 1 aromatic heterocycles. The van der Waals surface area contributed by atoms with Gasteiger partial charge in [0, 0.05) is 10.0 Å². The minimum Gasteiger partial charge on any atom is -0.383 e. The van der Waals surface area contributed by atoms with E-state index in [1.54, 1.807) is 12.4 Å². The Labute approximate surface area is 130 Å². The molecule has 3 rings (SSSR count). The van der Waals surface area contributed by atoms with Gasteiger partial charge in [0.25, 0.3) is 0 Å². The summed E-state index contributed by atoms with van der Waals surface area (Å²) in [5.41, 5.74) is 8.75. The predicted octanol–water partition coefficient (Wildman–Crippen LogP) is 4.08. The maximum absolute atomic E-state index is 13.2. The lowest BCUT2D eigenvalue weighted by Gasteiger charge is -2.07. The van der Waals surface area contributed by atoms with Crippen LogP contribution in [0.4, 0.5) is 10.2 Å². The van der Waals surface area contributed by atoms with Gasteiger partial charge < -0.3 is 10.3 Å². The van der Waals surface area contributed by atoms with E-state index in [4.69, 9.17) is 5.73 Å². The molecule has 3 aromatic rings. The van der Waals surface area contributed by atoms with Crippen molar-refractivity contribution in [3.63, 3.8) is 0 Å². The topological polar surface area (TPSA) is 43.8 Å². The summed E-state index contributed by atoms with van der Waals surface area (Å²) in [6.07, 6.45) is 1.70. The summed E-state index contributed by atoms with van der Waals surface area (Å²) in [5.74, 6) is 0.263. The van der Waals surface area contributed by atoms with Gasteiger partial charge in [0.1, 0.15) is 17.3 Å². The van der Waals surface area contributed by atoms with Crippen molar-refractivity contribution < 1.29 is 4.39 Å². The average Bonchev–Trinajstić information content (AvgIpc) is 2.82. The molecule has 0 amide bonds. The van der Waals surface area contributed by atoms with Crippen LogP contribution in [0.3, 0.4) is 0 Å². The van der Waals surface area contributed by atoms with Crippen molar-refractivity contribution in [2.45, 2.75) is 6.54 Å². The molecule has 5 heteroatoms. The zero-order valence-electron chi connectivity index (χ0n) is 11.1. The van der Waals surface area contributed by atoms with Crippen molar-refractivity contribution in [2.75, 3.05) is 5.73 Å². The van der Waals surface area contributed by atoms with E-state index in [0.29, 0.717) is 22.5 Å². The van der Waals surface area contributed by atoms with Gasteiger partial charge in [0.2, 0.25) is 0 Å². The summed E-state index contributed by atoms with van der Waals surface area (Å²) >= 11 is 3.35. The van der Waals surface area contributed by atoms with Gasteiger partial charge in [-0.3, -0.25) is 0 Å². The Kier molecular flexibility index (Phi) is 3.75. The molecule has 0 aliphatic carbocycles. The van der Waals surface area contributed by atoms with Gasteiger partial charge >= 0.3 is 0 Å². The number of nitrogen functional groups attached to an aromatic ring is 1. The Morgan fingerprint density at radius 3 is 2.62 bits per heavy atom. The minimum atomic E-state index is -0.298. The Bertz CT molecular complexity index is 768. The summed E-state index contributed by atoms with van der Waals surface area (Å²) in [6.45, 7) is 0.651. The number of benzene rings is 2. The molecule has 0 radical (unpaired) electrons. The zero-order chi connectivity index (χ0) is 14.8. The molecule has 0 unspecified atom stereocenters. The number of hydrogen-bond acceptors (Lipinski definition) is 2. The third-order valence-corrected chi connectivity index (χ3v) is 3.92. The fourth-order valence-corrected chi connectivity index (χ4v) is 2.73. The van der Waals surface area contributed by atoms with Crippen molar-refractivity contribution in [1.29, 1.82) is 0 Å². The monoisotopic (exact) mass is 345 g/mol. The highest BCUT2D eigenvalue weighted by molar-refractivity contribution is 9.10. The van der Waals surface area contributed by atoms with Crippen molar-refractivity contribution in [2.24, 2.45) is 0 Å². The molecule has 21 heavy (non-hydrogen) atoms. The van der Waals surface area contributed by atoms with Gasteiger partial charge in [-0.1, -0.05) is 30.3 Å². The SMILES string of the molecule is Nc1c(-c2ccc(F)cc2Br)ncn1Cc1ccccc1. The number of halogens is 2. The van der Waals surface area contributed by atoms with E-state index in [1.165, 1.54) is 12.1 Å². The molecular weight excluding hydrogens is 333 g/mol. The van der Waals surface area contributed by atoms with Crippen LogP contribution in [0, 0.1) is 5.82 Å². The van der Waals surface area contributed by atoms with Gasteiger partial charge in [0.15, 0.2) is 0 Å². The molecule has 2 aromatic carbocycles. The largest absolute Gasteiger partial charge is 0.383 e. The second-order valence-electron chi connectivity index (χ2n) is 4.72. The fraction of sp³-hybridized carbons (Fsp3) is 0.0625. The van der Waals surface area contributed by atoms with E-state index < -0.39 is 0 Å². The van der Waals surface area contributed by atoms with Crippen LogP contribution in [-0.4, -0.2) is 9.55 Å². The van der Waals surface area contributed by atoms with E-state index in [0.717, 1.165) is 11.1 Å². The van der Waals surface area contributed by atoms with Crippen LogP contribution in [-0.2, 0) is 6.54 Å². The number of nitrogens with zero attached hydrogens (tertiary/aromatic N) is 2. The van der Waals surface area contributed by atoms with Crippen LogP contribution < -0.4 is 5.73 Å². The summed E-state index contributed by atoms with van der Waals surface area (Å²) in [6, 6.07) is 14.5. The van der Waals surface area contributed by atoms with Crippen LogP contribution >= 0.6 is 15.9 Å². The smallest absolute Gasteiger partial charge is 0.131 e. The predicted molar refractivity (Wildman–Crippen MR) is 85.3 cm³/mol. The third kappa shape index (κ3) is 2.83.